The fraction of sp³-hybridized carbons (Fsp3) is 0.864. The molecule has 6 heteroatoms. The van der Waals surface area contributed by atoms with Gasteiger partial charge in [0.25, 0.3) is 0 Å². The average molecular weight is 391 g/mol. The van der Waals surface area contributed by atoms with Crippen molar-refractivity contribution in [3.05, 3.63) is 0 Å². The Bertz CT molecular complexity index is 636. The molecule has 3 fully saturated rings. The second kappa shape index (κ2) is 8.13. The summed E-state index contributed by atoms with van der Waals surface area (Å²) < 4.78 is 0. The molecule has 0 spiro atoms. The number of carbonyl (C=O) groups is 1. The number of rotatable bonds is 5. The van der Waals surface area contributed by atoms with E-state index in [-0.39, 0.29) is 34.7 Å². The summed E-state index contributed by atoms with van der Waals surface area (Å²) in [7, 11) is 0. The first-order valence-corrected chi connectivity index (χ1v) is 11.1. The van der Waals surface area contributed by atoms with Gasteiger partial charge in [0.2, 0.25) is 5.96 Å². The lowest BCUT2D eigenvalue weighted by Gasteiger charge is -2.58. The van der Waals surface area contributed by atoms with Crippen molar-refractivity contribution in [1.29, 1.82) is 5.41 Å². The number of nitrogens with zero attached hydrogens (tertiary/aromatic N) is 1. The van der Waals surface area contributed by atoms with Crippen molar-refractivity contribution in [1.82, 2.24) is 5.43 Å². The Hall–Kier alpha value is -1.43. The molecular formula is C22H38N4O2. The number of hydrazone groups is 1. The van der Waals surface area contributed by atoms with Crippen LogP contribution in [0.2, 0.25) is 0 Å². The van der Waals surface area contributed by atoms with Crippen molar-refractivity contribution in [2.24, 2.45) is 45.3 Å². The van der Waals surface area contributed by atoms with Gasteiger partial charge in [-0.3, -0.25) is 10.2 Å². The number of aliphatic hydroxyl groups is 1. The van der Waals surface area contributed by atoms with E-state index in [0.29, 0.717) is 17.6 Å². The number of aliphatic hydroxyl groups excluding tert-OH is 1. The quantitative estimate of drug-likeness (QED) is 0.327. The first-order chi connectivity index (χ1) is 13.2. The largest absolute Gasteiger partial charge is 0.393 e. The molecular weight excluding hydrogens is 352 g/mol. The van der Waals surface area contributed by atoms with Gasteiger partial charge in [-0.1, -0.05) is 27.2 Å². The Morgan fingerprint density at radius 3 is 2.79 bits per heavy atom. The molecule has 28 heavy (non-hydrogen) atoms. The molecule has 3 rings (SSSR count). The fourth-order valence-electron chi connectivity index (χ4n) is 6.80. The molecule has 5 N–H and O–H groups in total. The van der Waals surface area contributed by atoms with Crippen molar-refractivity contribution >= 4 is 18.0 Å². The first-order valence-electron chi connectivity index (χ1n) is 11.1. The van der Waals surface area contributed by atoms with E-state index in [1.165, 1.54) is 0 Å². The van der Waals surface area contributed by atoms with Crippen LogP contribution in [0.15, 0.2) is 5.10 Å². The minimum Gasteiger partial charge on any atom is -0.393 e. The van der Waals surface area contributed by atoms with Gasteiger partial charge in [-0.15, -0.1) is 0 Å². The van der Waals surface area contributed by atoms with Crippen LogP contribution in [0.4, 0.5) is 0 Å². The molecule has 0 aliphatic heterocycles. The molecule has 0 radical (unpaired) electrons. The van der Waals surface area contributed by atoms with Crippen LogP contribution in [0.3, 0.4) is 0 Å². The van der Waals surface area contributed by atoms with Crippen molar-refractivity contribution in [2.45, 2.75) is 84.7 Å². The van der Waals surface area contributed by atoms with E-state index >= 15 is 0 Å². The standard InChI is InChI=1S/C22H38N4O2/c1-4-14(9-12-25-26-20(23)24)22(3)11-8-18-17(19(22)28)6-5-15-13-16(27)7-10-21(15,18)2/h12,14-18,27H,4-11,13H2,1-3H3,(H4,23,24,26)/b25-12+/t14-,15-,16+,17-,18+,21+,22-/m1/s1. The van der Waals surface area contributed by atoms with Crippen LogP contribution < -0.4 is 11.2 Å². The summed E-state index contributed by atoms with van der Waals surface area (Å²) >= 11 is 0. The summed E-state index contributed by atoms with van der Waals surface area (Å²) in [5.74, 6) is 1.78. The van der Waals surface area contributed by atoms with Gasteiger partial charge < -0.3 is 10.8 Å². The summed E-state index contributed by atoms with van der Waals surface area (Å²) in [6.45, 7) is 6.72. The van der Waals surface area contributed by atoms with Gasteiger partial charge in [0.05, 0.1) is 6.10 Å². The van der Waals surface area contributed by atoms with E-state index in [0.717, 1.165) is 57.8 Å². The number of Topliss-reactive ketones (excluding diaryl/α,β-unsaturated/α-hetero) is 1. The minimum atomic E-state index is -0.296. The third kappa shape index (κ3) is 3.72. The van der Waals surface area contributed by atoms with Gasteiger partial charge >= 0.3 is 0 Å². The second-order valence-corrected chi connectivity index (χ2v) is 9.92. The van der Waals surface area contributed by atoms with Crippen LogP contribution in [0, 0.1) is 39.9 Å². The Morgan fingerprint density at radius 2 is 2.11 bits per heavy atom. The van der Waals surface area contributed by atoms with Gasteiger partial charge in [0.1, 0.15) is 5.78 Å². The molecule has 158 valence electrons. The van der Waals surface area contributed by atoms with Gasteiger partial charge in [0.15, 0.2) is 0 Å². The van der Waals surface area contributed by atoms with E-state index < -0.39 is 0 Å². The summed E-state index contributed by atoms with van der Waals surface area (Å²) in [5, 5.41) is 21.3. The van der Waals surface area contributed by atoms with Crippen LogP contribution in [0.25, 0.3) is 0 Å². The molecule has 3 saturated carbocycles. The van der Waals surface area contributed by atoms with Gasteiger partial charge in [-0.25, -0.2) is 5.43 Å². The third-order valence-corrected chi connectivity index (χ3v) is 8.60. The number of fused-ring (bicyclic) bond motifs is 3. The van der Waals surface area contributed by atoms with E-state index in [4.69, 9.17) is 11.1 Å². The van der Waals surface area contributed by atoms with Crippen molar-refractivity contribution < 1.29 is 9.90 Å². The predicted molar refractivity (Wildman–Crippen MR) is 112 cm³/mol. The lowest BCUT2D eigenvalue weighted by atomic mass is 9.46. The molecule has 7 atom stereocenters. The number of hydrogen-bond acceptors (Lipinski definition) is 4. The number of carbonyl (C=O) groups excluding carboxylic acids is 1. The number of ketones is 1. The molecule has 6 nitrogen and oxygen atoms in total. The molecule has 0 amide bonds. The highest BCUT2D eigenvalue weighted by molar-refractivity contribution is 5.88. The van der Waals surface area contributed by atoms with E-state index in [1.54, 1.807) is 6.21 Å². The highest BCUT2D eigenvalue weighted by atomic mass is 16.3. The van der Waals surface area contributed by atoms with Crippen LogP contribution in [0.5, 0.6) is 0 Å². The zero-order chi connectivity index (χ0) is 20.5. The Balaban J connectivity index is 1.74. The summed E-state index contributed by atoms with van der Waals surface area (Å²) in [5.41, 5.74) is 7.65. The fourth-order valence-corrected chi connectivity index (χ4v) is 6.80. The first kappa shape index (κ1) is 21.3. The molecule has 0 bridgehead atoms. The lowest BCUT2D eigenvalue weighted by Crippen LogP contribution is -2.56. The summed E-state index contributed by atoms with van der Waals surface area (Å²) in [6.07, 6.45) is 10.3. The van der Waals surface area contributed by atoms with E-state index in [1.807, 2.05) is 0 Å². The highest BCUT2D eigenvalue weighted by Crippen LogP contribution is 2.61. The summed E-state index contributed by atoms with van der Waals surface area (Å²) in [6, 6.07) is 0. The second-order valence-electron chi connectivity index (χ2n) is 9.92. The highest BCUT2D eigenvalue weighted by Gasteiger charge is 2.57. The number of nitrogens with one attached hydrogen (secondary N) is 2. The Labute approximate surface area is 169 Å². The normalized spacial score (nSPS) is 41.9. The smallest absolute Gasteiger partial charge is 0.206 e. The van der Waals surface area contributed by atoms with E-state index in [2.05, 4.69) is 31.3 Å². The molecule has 0 aromatic heterocycles. The van der Waals surface area contributed by atoms with Gasteiger partial charge in [0, 0.05) is 17.5 Å². The Morgan fingerprint density at radius 1 is 1.36 bits per heavy atom. The number of nitrogens with two attached hydrogens (primary N) is 1. The minimum absolute atomic E-state index is 0.147. The predicted octanol–water partition coefficient (Wildman–Crippen LogP) is 3.43. The number of hydrogen-bond donors (Lipinski definition) is 4. The SMILES string of the molecule is CC[C@H](C/C=N/NC(=N)N)[C@@]1(C)CC[C@H]2[C@@H](CC[C@@H]3C[C@@H](O)CC[C@@]32C)C1=O. The maximum absolute atomic E-state index is 13.7. The topological polar surface area (TPSA) is 112 Å². The van der Waals surface area contributed by atoms with Crippen LogP contribution in [0.1, 0.15) is 78.6 Å². The molecule has 0 aromatic carbocycles. The zero-order valence-corrected chi connectivity index (χ0v) is 17.7. The van der Waals surface area contributed by atoms with Crippen LogP contribution in [-0.4, -0.2) is 29.2 Å². The molecule has 3 aliphatic carbocycles. The Kier molecular flexibility index (Phi) is 6.18. The van der Waals surface area contributed by atoms with Crippen LogP contribution in [-0.2, 0) is 4.79 Å². The van der Waals surface area contributed by atoms with Gasteiger partial charge in [-0.2, -0.15) is 5.10 Å². The molecule has 3 aliphatic rings. The lowest BCUT2D eigenvalue weighted by molar-refractivity contribution is -0.157. The van der Waals surface area contributed by atoms with Crippen molar-refractivity contribution in [3.8, 4) is 0 Å². The van der Waals surface area contributed by atoms with Crippen LogP contribution >= 0.6 is 0 Å². The molecule has 0 saturated heterocycles. The molecule has 0 aromatic rings. The third-order valence-electron chi connectivity index (χ3n) is 8.60. The maximum Gasteiger partial charge on any atom is 0.206 e. The average Bonchev–Trinajstić information content (AvgIpc) is 2.65. The number of guanidine groups is 1. The molecule has 0 unspecified atom stereocenters. The maximum atomic E-state index is 13.7. The summed E-state index contributed by atoms with van der Waals surface area (Å²) in [4.78, 5) is 13.7. The molecule has 0 heterocycles. The van der Waals surface area contributed by atoms with Gasteiger partial charge in [-0.05, 0) is 74.5 Å². The zero-order valence-electron chi connectivity index (χ0n) is 17.7. The van der Waals surface area contributed by atoms with Crippen molar-refractivity contribution in [3.63, 3.8) is 0 Å². The monoisotopic (exact) mass is 390 g/mol. The van der Waals surface area contributed by atoms with E-state index in [9.17, 15) is 9.90 Å². The van der Waals surface area contributed by atoms with Crippen molar-refractivity contribution in [2.75, 3.05) is 0 Å².